The van der Waals surface area contributed by atoms with E-state index in [4.69, 9.17) is 9.15 Å². The fourth-order valence-electron chi connectivity index (χ4n) is 4.27. The topological polar surface area (TPSA) is 80.0 Å². The summed E-state index contributed by atoms with van der Waals surface area (Å²) in [6.07, 6.45) is 0.410. The Morgan fingerprint density at radius 2 is 1.97 bits per heavy atom. The van der Waals surface area contributed by atoms with Crippen molar-refractivity contribution in [2.75, 3.05) is 19.8 Å². The molecule has 1 N–H and O–H groups in total. The molecular weight excluding hydrogens is 382 g/mol. The number of hydrogen-bond donors (Lipinski definition) is 1. The summed E-state index contributed by atoms with van der Waals surface area (Å²) in [5, 5.41) is 9.84. The van der Waals surface area contributed by atoms with Crippen molar-refractivity contribution in [2.45, 2.75) is 33.2 Å². The molecule has 1 aromatic heterocycles. The lowest BCUT2D eigenvalue weighted by Crippen LogP contribution is -2.31. The summed E-state index contributed by atoms with van der Waals surface area (Å²) >= 11 is 0. The Morgan fingerprint density at radius 1 is 1.17 bits per heavy atom. The van der Waals surface area contributed by atoms with Crippen molar-refractivity contribution in [2.24, 2.45) is 0 Å². The van der Waals surface area contributed by atoms with Crippen LogP contribution in [0.15, 0.2) is 45.6 Å². The van der Waals surface area contributed by atoms with Crippen LogP contribution in [0.1, 0.15) is 52.2 Å². The molecule has 0 fully saturated rings. The van der Waals surface area contributed by atoms with E-state index in [9.17, 15) is 14.7 Å². The van der Waals surface area contributed by atoms with Gasteiger partial charge in [0.2, 0.25) is 5.76 Å². The molecule has 0 saturated carbocycles. The van der Waals surface area contributed by atoms with Gasteiger partial charge in [0.05, 0.1) is 23.6 Å². The highest BCUT2D eigenvalue weighted by molar-refractivity contribution is 5.99. The molecule has 0 bridgehead atoms. The predicted molar refractivity (Wildman–Crippen MR) is 114 cm³/mol. The number of fused-ring (bicyclic) bond motifs is 2. The van der Waals surface area contributed by atoms with Crippen LogP contribution >= 0.6 is 0 Å². The second-order valence-corrected chi connectivity index (χ2v) is 7.61. The van der Waals surface area contributed by atoms with Gasteiger partial charge in [-0.2, -0.15) is 0 Å². The maximum absolute atomic E-state index is 13.6. The van der Waals surface area contributed by atoms with Crippen LogP contribution in [0, 0.1) is 13.8 Å². The van der Waals surface area contributed by atoms with Crippen molar-refractivity contribution in [1.82, 2.24) is 4.90 Å². The highest BCUT2D eigenvalue weighted by Crippen LogP contribution is 2.39. The number of aliphatic hydroxyl groups is 1. The van der Waals surface area contributed by atoms with Gasteiger partial charge in [-0.25, -0.2) is 0 Å². The van der Waals surface area contributed by atoms with Crippen molar-refractivity contribution in [3.05, 3.63) is 74.6 Å². The summed E-state index contributed by atoms with van der Waals surface area (Å²) in [7, 11) is 0. The molecule has 1 aliphatic rings. The number of amides is 1. The Bertz CT molecular complexity index is 1180. The fraction of sp³-hybridized carbons (Fsp3) is 0.333. The van der Waals surface area contributed by atoms with Gasteiger partial charge in [-0.1, -0.05) is 18.2 Å². The molecule has 156 valence electrons. The van der Waals surface area contributed by atoms with Crippen molar-refractivity contribution in [3.8, 4) is 5.75 Å². The first-order valence-corrected chi connectivity index (χ1v) is 10.2. The number of benzene rings is 2. The lowest BCUT2D eigenvalue weighted by atomic mass is 9.96. The number of rotatable bonds is 6. The van der Waals surface area contributed by atoms with Gasteiger partial charge >= 0.3 is 0 Å². The number of ether oxygens (including phenoxy) is 1. The van der Waals surface area contributed by atoms with E-state index >= 15 is 0 Å². The number of carbonyl (C=O) groups is 1. The van der Waals surface area contributed by atoms with Crippen molar-refractivity contribution < 1.29 is 19.1 Å². The number of carbonyl (C=O) groups excluding carboxylic acids is 1. The Morgan fingerprint density at radius 3 is 2.70 bits per heavy atom. The predicted octanol–water partition coefficient (Wildman–Crippen LogP) is 3.74. The summed E-state index contributed by atoms with van der Waals surface area (Å²) in [5.74, 6) is 0.431. The molecule has 0 saturated heterocycles. The molecule has 1 aliphatic heterocycles. The molecule has 1 atom stereocenters. The van der Waals surface area contributed by atoms with Crippen molar-refractivity contribution >= 4 is 16.9 Å². The monoisotopic (exact) mass is 407 g/mol. The number of aryl methyl sites for hydroxylation is 2. The molecule has 2 aromatic carbocycles. The summed E-state index contributed by atoms with van der Waals surface area (Å²) in [4.78, 5) is 28.4. The zero-order chi connectivity index (χ0) is 21.4. The average Bonchev–Trinajstić information content (AvgIpc) is 2.98. The SMILES string of the molecule is CCOc1cccc(C2c3c(oc4cc(C)cc(C)c4c3=O)C(=O)N2CCCO)c1. The minimum Gasteiger partial charge on any atom is -0.494 e. The van der Waals surface area contributed by atoms with Crippen LogP contribution in [0.5, 0.6) is 5.75 Å². The van der Waals surface area contributed by atoms with Gasteiger partial charge in [-0.05, 0) is 62.1 Å². The second kappa shape index (κ2) is 7.95. The standard InChI is InChI=1S/C24H25NO5/c1-4-29-17-8-5-7-16(13-17)21-20-22(27)19-15(3)11-14(2)12-18(19)30-23(20)24(28)25(21)9-6-10-26/h5,7-8,11-13,21,26H,4,6,9-10H2,1-3H3. The summed E-state index contributed by atoms with van der Waals surface area (Å²) in [6, 6.07) is 10.6. The van der Waals surface area contributed by atoms with Crippen LogP contribution in [0.25, 0.3) is 11.0 Å². The smallest absolute Gasteiger partial charge is 0.290 e. The Kier molecular flexibility index (Phi) is 5.35. The molecule has 4 rings (SSSR count). The molecule has 0 radical (unpaired) electrons. The molecule has 30 heavy (non-hydrogen) atoms. The van der Waals surface area contributed by atoms with Gasteiger partial charge in [0.25, 0.3) is 5.91 Å². The van der Waals surface area contributed by atoms with Crippen LogP contribution < -0.4 is 10.2 Å². The second-order valence-electron chi connectivity index (χ2n) is 7.61. The Labute approximate surface area is 174 Å². The molecular formula is C24H25NO5. The number of aliphatic hydroxyl groups excluding tert-OH is 1. The molecule has 1 amide bonds. The van der Waals surface area contributed by atoms with Crippen molar-refractivity contribution in [1.29, 1.82) is 0 Å². The van der Waals surface area contributed by atoms with E-state index in [0.717, 1.165) is 16.7 Å². The first kappa shape index (κ1) is 20.2. The third-order valence-electron chi connectivity index (χ3n) is 5.45. The third-order valence-corrected chi connectivity index (χ3v) is 5.45. The zero-order valence-corrected chi connectivity index (χ0v) is 17.4. The van der Waals surface area contributed by atoms with E-state index in [1.807, 2.05) is 51.1 Å². The van der Waals surface area contributed by atoms with E-state index in [1.54, 1.807) is 11.0 Å². The largest absolute Gasteiger partial charge is 0.494 e. The summed E-state index contributed by atoms with van der Waals surface area (Å²) in [5.41, 5.74) is 3.16. The highest BCUT2D eigenvalue weighted by Gasteiger charge is 2.42. The van der Waals surface area contributed by atoms with Crippen LogP contribution in [0.3, 0.4) is 0 Å². The molecule has 2 heterocycles. The van der Waals surface area contributed by atoms with E-state index in [0.29, 0.717) is 41.9 Å². The van der Waals surface area contributed by atoms with E-state index < -0.39 is 6.04 Å². The van der Waals surface area contributed by atoms with Gasteiger partial charge in [0.1, 0.15) is 11.3 Å². The molecule has 0 aliphatic carbocycles. The van der Waals surface area contributed by atoms with Crippen LogP contribution in [0.4, 0.5) is 0 Å². The average molecular weight is 407 g/mol. The lowest BCUT2D eigenvalue weighted by molar-refractivity contribution is 0.0716. The maximum atomic E-state index is 13.6. The molecule has 0 spiro atoms. The quantitative estimate of drug-likeness (QED) is 0.673. The molecule has 3 aromatic rings. The summed E-state index contributed by atoms with van der Waals surface area (Å²) < 4.78 is 11.6. The van der Waals surface area contributed by atoms with E-state index in [2.05, 4.69) is 0 Å². The number of nitrogens with zero attached hydrogens (tertiary/aromatic N) is 1. The normalized spacial score (nSPS) is 15.7. The van der Waals surface area contributed by atoms with Gasteiger partial charge in [0, 0.05) is 13.2 Å². The minimum atomic E-state index is -0.583. The van der Waals surface area contributed by atoms with Gasteiger partial charge in [-0.15, -0.1) is 0 Å². The Hall–Kier alpha value is -3.12. The van der Waals surface area contributed by atoms with Crippen LogP contribution in [-0.4, -0.2) is 35.7 Å². The molecule has 1 unspecified atom stereocenters. The summed E-state index contributed by atoms with van der Waals surface area (Å²) in [6.45, 7) is 6.49. The first-order valence-electron chi connectivity index (χ1n) is 10.2. The minimum absolute atomic E-state index is 0.0481. The first-order chi connectivity index (χ1) is 14.5. The Balaban J connectivity index is 1.97. The van der Waals surface area contributed by atoms with Gasteiger partial charge in [0.15, 0.2) is 5.43 Å². The highest BCUT2D eigenvalue weighted by atomic mass is 16.5. The van der Waals surface area contributed by atoms with Gasteiger partial charge < -0.3 is 19.2 Å². The van der Waals surface area contributed by atoms with Crippen LogP contribution in [0.2, 0.25) is 0 Å². The number of hydrogen-bond acceptors (Lipinski definition) is 5. The fourth-order valence-corrected chi connectivity index (χ4v) is 4.27. The van der Waals surface area contributed by atoms with E-state index in [1.165, 1.54) is 0 Å². The van der Waals surface area contributed by atoms with E-state index in [-0.39, 0.29) is 23.7 Å². The van der Waals surface area contributed by atoms with Gasteiger partial charge in [-0.3, -0.25) is 9.59 Å². The van der Waals surface area contributed by atoms with Crippen molar-refractivity contribution in [3.63, 3.8) is 0 Å². The zero-order valence-electron chi connectivity index (χ0n) is 17.4. The van der Waals surface area contributed by atoms with Crippen LogP contribution in [-0.2, 0) is 0 Å². The molecule has 6 heteroatoms. The lowest BCUT2D eigenvalue weighted by Gasteiger charge is -2.25. The maximum Gasteiger partial charge on any atom is 0.290 e. The third kappa shape index (κ3) is 3.27. The molecule has 6 nitrogen and oxygen atoms in total.